The van der Waals surface area contributed by atoms with Crippen molar-refractivity contribution in [3.8, 4) is 22.6 Å². The normalized spacial score (nSPS) is 11.7. The van der Waals surface area contributed by atoms with E-state index in [2.05, 4.69) is 4.18 Å². The first-order valence-electron chi connectivity index (χ1n) is 11.8. The molecule has 0 unspecified atom stereocenters. The second kappa shape index (κ2) is 10.3. The van der Waals surface area contributed by atoms with E-state index in [-0.39, 0.29) is 10.9 Å². The van der Waals surface area contributed by atoms with Gasteiger partial charge < -0.3 is 4.18 Å². The molecule has 5 nitrogen and oxygen atoms in total. The van der Waals surface area contributed by atoms with Crippen LogP contribution in [0.4, 0.5) is 22.0 Å². The van der Waals surface area contributed by atoms with Crippen LogP contribution in [0.25, 0.3) is 27.7 Å². The number of aromatic nitrogens is 1. The number of hydrogen-bond acceptors (Lipinski definition) is 4. The number of halogens is 6. The van der Waals surface area contributed by atoms with E-state index >= 15 is 0 Å². The fourth-order valence-electron chi connectivity index (χ4n) is 4.42. The van der Waals surface area contributed by atoms with Crippen LogP contribution in [0.1, 0.15) is 11.1 Å². The van der Waals surface area contributed by atoms with E-state index < -0.39 is 55.4 Å². The van der Waals surface area contributed by atoms with Crippen LogP contribution >= 0.6 is 11.6 Å². The zero-order chi connectivity index (χ0) is 29.8. The minimum absolute atomic E-state index is 0.209. The molecule has 5 aromatic rings. The maximum atomic E-state index is 14.0. The van der Waals surface area contributed by atoms with E-state index in [1.54, 1.807) is 19.1 Å². The van der Waals surface area contributed by atoms with Crippen LogP contribution in [0.15, 0.2) is 76.4 Å². The first-order valence-corrected chi connectivity index (χ1v) is 13.6. The van der Waals surface area contributed by atoms with Crippen molar-refractivity contribution in [2.45, 2.75) is 18.7 Å². The third-order valence-electron chi connectivity index (χ3n) is 6.47. The Morgan fingerprint density at radius 2 is 1.39 bits per heavy atom. The van der Waals surface area contributed by atoms with Gasteiger partial charge in [-0.2, -0.15) is 17.2 Å². The Balaban J connectivity index is 1.58. The van der Waals surface area contributed by atoms with E-state index in [4.69, 9.17) is 11.6 Å². The molecule has 5 rings (SSSR count). The minimum Gasteiger partial charge on any atom is -0.372 e. The van der Waals surface area contributed by atoms with Gasteiger partial charge in [-0.05, 0) is 84.6 Å². The zero-order valence-corrected chi connectivity index (χ0v) is 22.7. The molecule has 0 aliphatic rings. The standard InChI is InChI=1S/C29H17ClF5NO4S/c1-14-3-6-18(30)13-20(14)16-4-8-21(15(2)11-16)36-22-9-7-19(12-17(22)5-10-23(36)37)41(38,39)40-29-27(34)25(32)24(31)26(33)28(29)35/h3-13H,1-2H3. The van der Waals surface area contributed by atoms with Crippen LogP contribution in [0, 0.1) is 42.9 Å². The summed E-state index contributed by atoms with van der Waals surface area (Å²) in [6.07, 6.45) is 0. The van der Waals surface area contributed by atoms with E-state index in [0.29, 0.717) is 16.3 Å². The SMILES string of the molecule is Cc1ccc(Cl)cc1-c1ccc(-n2c(=O)ccc3cc(S(=O)(=O)Oc4c(F)c(F)c(F)c(F)c4F)ccc32)c(C)c1. The van der Waals surface area contributed by atoms with Gasteiger partial charge in [0.1, 0.15) is 4.90 Å². The van der Waals surface area contributed by atoms with Gasteiger partial charge in [0.05, 0.1) is 11.2 Å². The lowest BCUT2D eigenvalue weighted by Crippen LogP contribution is -2.19. The Morgan fingerprint density at radius 1 is 0.732 bits per heavy atom. The lowest BCUT2D eigenvalue weighted by molar-refractivity contribution is 0.346. The monoisotopic (exact) mass is 605 g/mol. The molecule has 1 heterocycles. The van der Waals surface area contributed by atoms with Crippen molar-refractivity contribution in [2.75, 3.05) is 0 Å². The summed E-state index contributed by atoms with van der Waals surface area (Å²) in [6, 6.07) is 16.7. The Hall–Kier alpha value is -4.22. The molecule has 0 atom stereocenters. The van der Waals surface area contributed by atoms with Crippen molar-refractivity contribution >= 4 is 32.6 Å². The quantitative estimate of drug-likeness (QED) is 0.0907. The maximum absolute atomic E-state index is 14.0. The Labute approximate surface area is 235 Å². The first-order chi connectivity index (χ1) is 19.3. The average molecular weight is 606 g/mol. The minimum atomic E-state index is -5.07. The number of rotatable bonds is 5. The van der Waals surface area contributed by atoms with Crippen LogP contribution < -0.4 is 9.74 Å². The van der Waals surface area contributed by atoms with Crippen LogP contribution in [0.5, 0.6) is 5.75 Å². The Kier molecular flexibility index (Phi) is 7.12. The summed E-state index contributed by atoms with van der Waals surface area (Å²) in [5.74, 6) is -14.0. The number of nitrogens with zero attached hydrogens (tertiary/aromatic N) is 1. The molecular formula is C29H17ClF5NO4S. The van der Waals surface area contributed by atoms with E-state index in [1.807, 2.05) is 31.2 Å². The highest BCUT2D eigenvalue weighted by molar-refractivity contribution is 7.87. The van der Waals surface area contributed by atoms with Crippen molar-refractivity contribution in [3.63, 3.8) is 0 Å². The molecule has 4 aromatic carbocycles. The molecule has 210 valence electrons. The molecular weight excluding hydrogens is 589 g/mol. The zero-order valence-electron chi connectivity index (χ0n) is 21.1. The van der Waals surface area contributed by atoms with E-state index in [1.165, 1.54) is 22.8 Å². The third-order valence-corrected chi connectivity index (χ3v) is 7.92. The fourth-order valence-corrected chi connectivity index (χ4v) is 5.56. The van der Waals surface area contributed by atoms with Crippen LogP contribution in [0.3, 0.4) is 0 Å². The maximum Gasteiger partial charge on any atom is 0.339 e. The average Bonchev–Trinajstić information content (AvgIpc) is 2.94. The summed E-state index contributed by atoms with van der Waals surface area (Å²) in [5.41, 5.74) is 3.81. The van der Waals surface area contributed by atoms with Gasteiger partial charge >= 0.3 is 10.1 Å². The summed E-state index contributed by atoms with van der Waals surface area (Å²) in [7, 11) is -5.07. The molecule has 0 bridgehead atoms. The lowest BCUT2D eigenvalue weighted by Gasteiger charge is -2.16. The second-order valence-corrected chi connectivity index (χ2v) is 11.1. The van der Waals surface area contributed by atoms with Crippen LogP contribution in [0.2, 0.25) is 5.02 Å². The van der Waals surface area contributed by atoms with Gasteiger partial charge in [-0.25, -0.2) is 13.2 Å². The summed E-state index contributed by atoms with van der Waals surface area (Å²) in [5, 5.41) is 0.772. The molecule has 41 heavy (non-hydrogen) atoms. The van der Waals surface area contributed by atoms with Crippen molar-refractivity contribution in [1.82, 2.24) is 4.57 Å². The predicted molar refractivity (Wildman–Crippen MR) is 144 cm³/mol. The van der Waals surface area contributed by atoms with Crippen molar-refractivity contribution in [3.05, 3.63) is 122 Å². The molecule has 12 heteroatoms. The molecule has 0 aliphatic carbocycles. The molecule has 1 aromatic heterocycles. The van der Waals surface area contributed by atoms with Crippen LogP contribution in [-0.4, -0.2) is 13.0 Å². The van der Waals surface area contributed by atoms with Gasteiger partial charge in [0.15, 0.2) is 0 Å². The highest BCUT2D eigenvalue weighted by atomic mass is 35.5. The van der Waals surface area contributed by atoms with Gasteiger partial charge in [0.2, 0.25) is 34.8 Å². The van der Waals surface area contributed by atoms with E-state index in [9.17, 15) is 35.2 Å². The molecule has 0 fully saturated rings. The largest absolute Gasteiger partial charge is 0.372 e. The molecule has 0 N–H and O–H groups in total. The van der Waals surface area contributed by atoms with Crippen molar-refractivity contribution in [1.29, 1.82) is 0 Å². The number of aryl methyl sites for hydroxylation is 2. The van der Waals surface area contributed by atoms with Crippen molar-refractivity contribution in [2.24, 2.45) is 0 Å². The topological polar surface area (TPSA) is 65.4 Å². The van der Waals surface area contributed by atoms with E-state index in [0.717, 1.165) is 28.8 Å². The summed E-state index contributed by atoms with van der Waals surface area (Å²) in [6.45, 7) is 3.73. The smallest absolute Gasteiger partial charge is 0.339 e. The number of hydrogen-bond donors (Lipinski definition) is 0. The fraction of sp³-hybridized carbons (Fsp3) is 0.0690. The molecule has 0 radical (unpaired) electrons. The third kappa shape index (κ3) is 4.95. The summed E-state index contributed by atoms with van der Waals surface area (Å²) >= 11 is 6.16. The summed E-state index contributed by atoms with van der Waals surface area (Å²) in [4.78, 5) is 12.3. The first kappa shape index (κ1) is 28.3. The molecule has 0 aliphatic heterocycles. The number of pyridine rings is 1. The molecule has 0 saturated carbocycles. The Bertz CT molecular complexity index is 2030. The predicted octanol–water partition coefficient (Wildman–Crippen LogP) is 7.39. The number of benzene rings is 4. The lowest BCUT2D eigenvalue weighted by atomic mass is 9.98. The summed E-state index contributed by atoms with van der Waals surface area (Å²) < 4.78 is 99.8. The second-order valence-electron chi connectivity index (χ2n) is 9.12. The van der Waals surface area contributed by atoms with Crippen molar-refractivity contribution < 1.29 is 34.6 Å². The Morgan fingerprint density at radius 3 is 2.05 bits per heavy atom. The van der Waals surface area contributed by atoms with Gasteiger partial charge in [-0.1, -0.05) is 23.7 Å². The van der Waals surface area contributed by atoms with Gasteiger partial charge in [0.25, 0.3) is 5.56 Å². The van der Waals surface area contributed by atoms with Gasteiger partial charge in [-0.3, -0.25) is 9.36 Å². The molecule has 0 amide bonds. The highest BCUT2D eigenvalue weighted by Crippen LogP contribution is 2.33. The van der Waals surface area contributed by atoms with Crippen LogP contribution in [-0.2, 0) is 10.1 Å². The highest BCUT2D eigenvalue weighted by Gasteiger charge is 2.31. The van der Waals surface area contributed by atoms with Gasteiger partial charge in [-0.15, -0.1) is 0 Å². The molecule has 0 spiro atoms. The number of fused-ring (bicyclic) bond motifs is 1. The molecule has 0 saturated heterocycles. The van der Waals surface area contributed by atoms with Gasteiger partial charge in [0, 0.05) is 16.5 Å².